The Hall–Kier alpha value is -3.36. The average Bonchev–Trinajstić information content (AvgIpc) is 3.29. The zero-order valence-corrected chi connectivity index (χ0v) is 16.9. The first-order valence-corrected chi connectivity index (χ1v) is 9.94. The third-order valence-electron chi connectivity index (χ3n) is 4.37. The average molecular weight is 441 g/mol. The first-order valence-electron chi connectivity index (χ1n) is 8.75. The van der Waals surface area contributed by atoms with E-state index in [4.69, 9.17) is 16.0 Å². The maximum absolute atomic E-state index is 12.7. The van der Waals surface area contributed by atoms with Gasteiger partial charge < -0.3 is 4.42 Å². The van der Waals surface area contributed by atoms with Crippen LogP contribution in [0, 0.1) is 10.1 Å². The number of halogens is 1. The van der Waals surface area contributed by atoms with Crippen LogP contribution in [0.1, 0.15) is 11.3 Å². The van der Waals surface area contributed by atoms with Crippen LogP contribution in [0.4, 0.5) is 10.5 Å². The summed E-state index contributed by atoms with van der Waals surface area (Å²) in [6.45, 7) is 0.0337. The Morgan fingerprint density at radius 1 is 1.10 bits per heavy atom. The summed E-state index contributed by atoms with van der Waals surface area (Å²) in [5, 5.41) is 10.9. The lowest BCUT2D eigenvalue weighted by Gasteiger charge is -2.12. The molecule has 0 bridgehead atoms. The maximum Gasteiger partial charge on any atom is 0.293 e. The number of carbonyl (C=O) groups excluding carboxylic acids is 2. The van der Waals surface area contributed by atoms with E-state index in [1.54, 1.807) is 24.3 Å². The third-order valence-corrected chi connectivity index (χ3v) is 5.51. The number of hydrogen-bond donors (Lipinski definition) is 0. The molecule has 7 nitrogen and oxygen atoms in total. The van der Waals surface area contributed by atoms with E-state index in [2.05, 4.69) is 0 Å². The highest BCUT2D eigenvalue weighted by molar-refractivity contribution is 8.18. The van der Waals surface area contributed by atoms with E-state index in [0.717, 1.165) is 22.2 Å². The predicted octanol–water partition coefficient (Wildman–Crippen LogP) is 5.74. The van der Waals surface area contributed by atoms with Crippen molar-refractivity contribution in [2.24, 2.45) is 0 Å². The van der Waals surface area contributed by atoms with Gasteiger partial charge in [-0.1, -0.05) is 35.9 Å². The molecule has 1 aliphatic rings. The van der Waals surface area contributed by atoms with Crippen LogP contribution in [0.5, 0.6) is 0 Å². The number of hydrogen-bond acceptors (Lipinski definition) is 6. The molecule has 0 saturated carbocycles. The number of imide groups is 1. The standard InChI is InChI=1S/C21H13ClN2O5S/c22-15-3-1-2-14(10-15)18-9-8-17(29-18)11-19-20(25)23(21(26)30-19)12-13-4-6-16(7-5-13)24(27)28/h1-11H,12H2/b19-11-. The zero-order valence-electron chi connectivity index (χ0n) is 15.3. The van der Waals surface area contributed by atoms with Gasteiger partial charge in [0.1, 0.15) is 11.5 Å². The van der Waals surface area contributed by atoms with Crippen LogP contribution in [0.25, 0.3) is 17.4 Å². The van der Waals surface area contributed by atoms with Gasteiger partial charge in [0.15, 0.2) is 0 Å². The fourth-order valence-electron chi connectivity index (χ4n) is 2.90. The zero-order chi connectivity index (χ0) is 21.3. The maximum atomic E-state index is 12.7. The lowest BCUT2D eigenvalue weighted by Crippen LogP contribution is -2.27. The second-order valence-corrected chi connectivity index (χ2v) is 7.83. The number of nitro benzene ring substituents is 1. The molecular formula is C21H13ClN2O5S. The van der Waals surface area contributed by atoms with Gasteiger partial charge in [-0.25, -0.2) is 0 Å². The lowest BCUT2D eigenvalue weighted by atomic mass is 10.2. The molecule has 0 spiro atoms. The molecule has 1 aliphatic heterocycles. The van der Waals surface area contributed by atoms with E-state index in [0.29, 0.717) is 22.1 Å². The Bertz CT molecular complexity index is 1190. The van der Waals surface area contributed by atoms with E-state index < -0.39 is 16.1 Å². The summed E-state index contributed by atoms with van der Waals surface area (Å²) in [6, 6.07) is 16.4. The van der Waals surface area contributed by atoms with Crippen LogP contribution in [-0.2, 0) is 11.3 Å². The number of nitro groups is 1. The topological polar surface area (TPSA) is 93.7 Å². The summed E-state index contributed by atoms with van der Waals surface area (Å²) in [6.07, 6.45) is 1.52. The number of amides is 2. The molecule has 0 radical (unpaired) electrons. The molecule has 1 aromatic heterocycles. The molecule has 0 unspecified atom stereocenters. The molecule has 1 saturated heterocycles. The Balaban J connectivity index is 1.51. The Morgan fingerprint density at radius 2 is 1.87 bits per heavy atom. The predicted molar refractivity (Wildman–Crippen MR) is 114 cm³/mol. The molecule has 9 heteroatoms. The summed E-state index contributed by atoms with van der Waals surface area (Å²) in [4.78, 5) is 36.6. The van der Waals surface area contributed by atoms with Gasteiger partial charge in [-0.3, -0.25) is 24.6 Å². The highest BCUT2D eigenvalue weighted by Crippen LogP contribution is 2.34. The van der Waals surface area contributed by atoms with Crippen LogP contribution in [0.2, 0.25) is 5.02 Å². The highest BCUT2D eigenvalue weighted by Gasteiger charge is 2.35. The second kappa shape index (κ2) is 8.17. The van der Waals surface area contributed by atoms with Crippen LogP contribution >= 0.6 is 23.4 Å². The molecular weight excluding hydrogens is 428 g/mol. The first kappa shape index (κ1) is 19.9. The minimum atomic E-state index is -0.506. The quantitative estimate of drug-likeness (QED) is 0.285. The fourth-order valence-corrected chi connectivity index (χ4v) is 3.91. The summed E-state index contributed by atoms with van der Waals surface area (Å²) >= 11 is 6.82. The van der Waals surface area contributed by atoms with Gasteiger partial charge in [0.25, 0.3) is 16.8 Å². The Labute approximate surface area is 180 Å². The normalized spacial score (nSPS) is 15.2. The van der Waals surface area contributed by atoms with Crippen molar-refractivity contribution in [3.63, 3.8) is 0 Å². The summed E-state index contributed by atoms with van der Waals surface area (Å²) in [5.41, 5.74) is 1.36. The van der Waals surface area contributed by atoms with Gasteiger partial charge in [-0.15, -0.1) is 0 Å². The molecule has 2 amide bonds. The number of furan rings is 1. The van der Waals surface area contributed by atoms with Gasteiger partial charge in [0.05, 0.1) is 16.4 Å². The first-order chi connectivity index (χ1) is 14.4. The van der Waals surface area contributed by atoms with Gasteiger partial charge in [-0.2, -0.15) is 0 Å². The van der Waals surface area contributed by atoms with Crippen molar-refractivity contribution in [3.8, 4) is 11.3 Å². The Kier molecular flexibility index (Phi) is 5.43. The third kappa shape index (κ3) is 4.14. The summed E-state index contributed by atoms with van der Waals surface area (Å²) in [7, 11) is 0. The minimum absolute atomic E-state index is 0.0337. The molecule has 3 aromatic rings. The van der Waals surface area contributed by atoms with Crippen LogP contribution < -0.4 is 0 Å². The van der Waals surface area contributed by atoms with Crippen molar-refractivity contribution in [1.29, 1.82) is 0 Å². The molecule has 1 fully saturated rings. The van der Waals surface area contributed by atoms with E-state index in [1.807, 2.05) is 12.1 Å². The molecule has 30 heavy (non-hydrogen) atoms. The van der Waals surface area contributed by atoms with Crippen LogP contribution in [0.3, 0.4) is 0 Å². The van der Waals surface area contributed by atoms with E-state index in [-0.39, 0.29) is 17.1 Å². The number of carbonyl (C=O) groups is 2. The number of non-ortho nitro benzene ring substituents is 1. The van der Waals surface area contributed by atoms with E-state index in [9.17, 15) is 19.7 Å². The van der Waals surface area contributed by atoms with Crippen molar-refractivity contribution in [1.82, 2.24) is 4.90 Å². The number of nitrogens with zero attached hydrogens (tertiary/aromatic N) is 2. The molecule has 2 aromatic carbocycles. The second-order valence-electron chi connectivity index (χ2n) is 6.40. The van der Waals surface area contributed by atoms with Crippen molar-refractivity contribution in [3.05, 3.63) is 92.0 Å². The molecule has 4 rings (SSSR count). The van der Waals surface area contributed by atoms with Gasteiger partial charge in [0, 0.05) is 28.8 Å². The fraction of sp³-hybridized carbons (Fsp3) is 0.0476. The SMILES string of the molecule is O=C1S/C(=C\c2ccc(-c3cccc(Cl)c3)o2)C(=O)N1Cc1ccc([N+](=O)[O-])cc1. The van der Waals surface area contributed by atoms with Gasteiger partial charge in [0.2, 0.25) is 0 Å². The van der Waals surface area contributed by atoms with Crippen molar-refractivity contribution >= 4 is 46.3 Å². The Morgan fingerprint density at radius 3 is 2.57 bits per heavy atom. The molecule has 2 heterocycles. The smallest absolute Gasteiger partial charge is 0.293 e. The van der Waals surface area contributed by atoms with Gasteiger partial charge >= 0.3 is 0 Å². The minimum Gasteiger partial charge on any atom is -0.457 e. The largest absolute Gasteiger partial charge is 0.457 e. The summed E-state index contributed by atoms with van der Waals surface area (Å²) in [5.74, 6) is 0.587. The molecule has 0 N–H and O–H groups in total. The van der Waals surface area contributed by atoms with Crippen molar-refractivity contribution in [2.75, 3.05) is 0 Å². The monoisotopic (exact) mass is 440 g/mol. The van der Waals surface area contributed by atoms with Gasteiger partial charge in [-0.05, 0) is 41.6 Å². The number of benzene rings is 2. The molecule has 0 atom stereocenters. The van der Waals surface area contributed by atoms with Crippen molar-refractivity contribution < 1.29 is 18.9 Å². The molecule has 0 aliphatic carbocycles. The van der Waals surface area contributed by atoms with Crippen molar-refractivity contribution in [2.45, 2.75) is 6.54 Å². The van der Waals surface area contributed by atoms with Crippen LogP contribution in [-0.4, -0.2) is 21.0 Å². The van der Waals surface area contributed by atoms with Crippen LogP contribution in [0.15, 0.2) is 70.0 Å². The number of rotatable bonds is 5. The lowest BCUT2D eigenvalue weighted by molar-refractivity contribution is -0.384. The van der Waals surface area contributed by atoms with E-state index in [1.165, 1.54) is 30.3 Å². The van der Waals surface area contributed by atoms with E-state index >= 15 is 0 Å². The highest BCUT2D eigenvalue weighted by atomic mass is 35.5. The number of thioether (sulfide) groups is 1. The molecule has 150 valence electrons. The summed E-state index contributed by atoms with van der Waals surface area (Å²) < 4.78 is 5.77.